The van der Waals surface area contributed by atoms with Gasteiger partial charge in [0.15, 0.2) is 0 Å². The van der Waals surface area contributed by atoms with Crippen LogP contribution in [0.15, 0.2) is 82.6 Å². The summed E-state index contributed by atoms with van der Waals surface area (Å²) >= 11 is 1.61. The molecular formula is C25H24N2O2S. The van der Waals surface area contributed by atoms with E-state index in [4.69, 9.17) is 0 Å². The van der Waals surface area contributed by atoms with Crippen LogP contribution < -0.4 is 10.2 Å². The summed E-state index contributed by atoms with van der Waals surface area (Å²) in [4.78, 5) is 29.4. The van der Waals surface area contributed by atoms with Crippen molar-refractivity contribution in [2.45, 2.75) is 30.1 Å². The van der Waals surface area contributed by atoms with Crippen LogP contribution in [0.2, 0.25) is 0 Å². The lowest BCUT2D eigenvalue weighted by Crippen LogP contribution is -2.28. The molecule has 1 atom stereocenters. The van der Waals surface area contributed by atoms with Crippen LogP contribution >= 0.6 is 11.8 Å². The summed E-state index contributed by atoms with van der Waals surface area (Å²) in [5.74, 6) is -0.487. The minimum absolute atomic E-state index is 0.00551. The van der Waals surface area contributed by atoms with Crippen molar-refractivity contribution in [1.82, 2.24) is 0 Å². The van der Waals surface area contributed by atoms with Crippen molar-refractivity contribution in [3.63, 3.8) is 0 Å². The van der Waals surface area contributed by atoms with E-state index >= 15 is 0 Å². The maximum Gasteiger partial charge on any atom is 0.229 e. The Labute approximate surface area is 181 Å². The molecule has 0 saturated carbocycles. The lowest BCUT2D eigenvalue weighted by molar-refractivity contribution is -0.122. The van der Waals surface area contributed by atoms with Crippen LogP contribution in [0.25, 0.3) is 0 Å². The molecule has 5 heteroatoms. The largest absolute Gasteiger partial charge is 0.325 e. The van der Waals surface area contributed by atoms with E-state index in [1.165, 1.54) is 0 Å². The fourth-order valence-electron chi connectivity index (χ4n) is 3.73. The first-order chi connectivity index (χ1) is 14.5. The van der Waals surface area contributed by atoms with Crippen LogP contribution in [0.5, 0.6) is 0 Å². The van der Waals surface area contributed by atoms with E-state index in [-0.39, 0.29) is 24.2 Å². The maximum absolute atomic E-state index is 13.0. The van der Waals surface area contributed by atoms with E-state index in [1.54, 1.807) is 16.7 Å². The van der Waals surface area contributed by atoms with Gasteiger partial charge in [0.05, 0.1) is 11.6 Å². The average molecular weight is 417 g/mol. The molecule has 0 bridgehead atoms. The summed E-state index contributed by atoms with van der Waals surface area (Å²) < 4.78 is 0. The Kier molecular flexibility index (Phi) is 5.91. The highest BCUT2D eigenvalue weighted by atomic mass is 32.2. The van der Waals surface area contributed by atoms with Gasteiger partial charge in [-0.05, 0) is 49.7 Å². The van der Waals surface area contributed by atoms with Gasteiger partial charge in [-0.1, -0.05) is 59.8 Å². The van der Waals surface area contributed by atoms with Gasteiger partial charge >= 0.3 is 0 Å². The number of hydrogen-bond acceptors (Lipinski definition) is 3. The number of anilines is 2. The van der Waals surface area contributed by atoms with E-state index in [9.17, 15) is 9.59 Å². The normalized spacial score (nSPS) is 16.0. The standard InChI is InChI=1S/C25H24N2O2S/c1-17-12-13-22(18(2)14-17)27-16-19(15-24(27)28)25(29)26-21-10-6-7-11-23(21)30-20-8-4-3-5-9-20/h3-14,19H,15-16H2,1-2H3,(H,26,29). The fourth-order valence-corrected chi connectivity index (χ4v) is 4.66. The number of carbonyl (C=O) groups excluding carboxylic acids is 2. The molecule has 30 heavy (non-hydrogen) atoms. The van der Waals surface area contributed by atoms with Gasteiger partial charge in [-0.2, -0.15) is 0 Å². The molecule has 0 aromatic heterocycles. The first-order valence-corrected chi connectivity index (χ1v) is 10.8. The van der Waals surface area contributed by atoms with Crippen molar-refractivity contribution in [1.29, 1.82) is 0 Å². The van der Waals surface area contributed by atoms with E-state index in [0.29, 0.717) is 6.54 Å². The van der Waals surface area contributed by atoms with Crippen LogP contribution in [0.1, 0.15) is 17.5 Å². The Morgan fingerprint density at radius 1 is 1.00 bits per heavy atom. The van der Waals surface area contributed by atoms with Gasteiger partial charge < -0.3 is 10.2 Å². The molecule has 1 aliphatic heterocycles. The van der Waals surface area contributed by atoms with Crippen LogP contribution in [0.4, 0.5) is 11.4 Å². The summed E-state index contributed by atoms with van der Waals surface area (Å²) in [6.07, 6.45) is 0.229. The SMILES string of the molecule is Cc1ccc(N2CC(C(=O)Nc3ccccc3Sc3ccccc3)CC2=O)c(C)c1. The summed E-state index contributed by atoms with van der Waals surface area (Å²) in [5.41, 5.74) is 3.87. The number of aryl methyl sites for hydroxylation is 2. The van der Waals surface area contributed by atoms with Crippen molar-refractivity contribution in [2.75, 3.05) is 16.8 Å². The number of para-hydroxylation sites is 1. The lowest BCUT2D eigenvalue weighted by atomic mass is 10.1. The van der Waals surface area contributed by atoms with Crippen molar-refractivity contribution in [2.24, 2.45) is 5.92 Å². The average Bonchev–Trinajstić information content (AvgIpc) is 3.12. The second kappa shape index (κ2) is 8.76. The van der Waals surface area contributed by atoms with Crippen molar-refractivity contribution in [3.8, 4) is 0 Å². The molecule has 1 N–H and O–H groups in total. The first-order valence-electron chi connectivity index (χ1n) is 10.0. The minimum Gasteiger partial charge on any atom is -0.325 e. The first kappa shape index (κ1) is 20.2. The second-order valence-corrected chi connectivity index (χ2v) is 8.71. The molecule has 2 amide bonds. The zero-order chi connectivity index (χ0) is 21.1. The van der Waals surface area contributed by atoms with Gasteiger partial charge in [-0.15, -0.1) is 0 Å². The van der Waals surface area contributed by atoms with Gasteiger partial charge in [0, 0.05) is 28.4 Å². The molecule has 0 spiro atoms. The number of benzene rings is 3. The molecule has 1 aliphatic rings. The fraction of sp³-hybridized carbons (Fsp3) is 0.200. The predicted octanol–water partition coefficient (Wildman–Crippen LogP) is 5.45. The van der Waals surface area contributed by atoms with Gasteiger partial charge in [0.1, 0.15) is 0 Å². The molecule has 4 rings (SSSR count). The maximum atomic E-state index is 13.0. The van der Waals surface area contributed by atoms with Crippen LogP contribution in [0.3, 0.4) is 0 Å². The van der Waals surface area contributed by atoms with Crippen LogP contribution in [-0.4, -0.2) is 18.4 Å². The molecule has 152 valence electrons. The van der Waals surface area contributed by atoms with Gasteiger partial charge in [0.25, 0.3) is 0 Å². The monoisotopic (exact) mass is 416 g/mol. The van der Waals surface area contributed by atoms with E-state index in [0.717, 1.165) is 32.3 Å². The number of rotatable bonds is 5. The third-order valence-electron chi connectivity index (χ3n) is 5.25. The third kappa shape index (κ3) is 4.41. The van der Waals surface area contributed by atoms with Crippen molar-refractivity contribution >= 4 is 35.0 Å². The highest BCUT2D eigenvalue weighted by molar-refractivity contribution is 7.99. The Morgan fingerprint density at radius 3 is 2.50 bits per heavy atom. The molecule has 1 saturated heterocycles. The third-order valence-corrected chi connectivity index (χ3v) is 6.34. The summed E-state index contributed by atoms with van der Waals surface area (Å²) in [6, 6.07) is 23.9. The predicted molar refractivity (Wildman–Crippen MR) is 122 cm³/mol. The summed E-state index contributed by atoms with van der Waals surface area (Å²) in [7, 11) is 0. The molecule has 3 aromatic rings. The minimum atomic E-state index is -0.368. The van der Waals surface area contributed by atoms with E-state index < -0.39 is 0 Å². The molecule has 1 fully saturated rings. The molecule has 1 heterocycles. The number of carbonyl (C=O) groups is 2. The Hall–Kier alpha value is -3.05. The molecular weight excluding hydrogens is 392 g/mol. The van der Waals surface area contributed by atoms with Crippen molar-refractivity contribution in [3.05, 3.63) is 83.9 Å². The Bertz CT molecular complexity index is 1080. The Morgan fingerprint density at radius 2 is 1.73 bits per heavy atom. The van der Waals surface area contributed by atoms with E-state index in [2.05, 4.69) is 11.4 Å². The smallest absolute Gasteiger partial charge is 0.229 e. The second-order valence-electron chi connectivity index (χ2n) is 7.60. The molecule has 0 radical (unpaired) electrons. The molecule has 0 aliphatic carbocycles. The summed E-state index contributed by atoms with van der Waals surface area (Å²) in [5, 5.41) is 3.05. The Balaban J connectivity index is 1.48. The zero-order valence-corrected chi connectivity index (χ0v) is 17.9. The highest BCUT2D eigenvalue weighted by Crippen LogP contribution is 2.34. The highest BCUT2D eigenvalue weighted by Gasteiger charge is 2.35. The number of amides is 2. The molecule has 4 nitrogen and oxygen atoms in total. The topological polar surface area (TPSA) is 49.4 Å². The van der Waals surface area contributed by atoms with Gasteiger partial charge in [-0.25, -0.2) is 0 Å². The lowest BCUT2D eigenvalue weighted by Gasteiger charge is -2.19. The number of nitrogens with one attached hydrogen (secondary N) is 1. The van der Waals surface area contributed by atoms with Gasteiger partial charge in [-0.3, -0.25) is 9.59 Å². The van der Waals surface area contributed by atoms with Crippen LogP contribution in [-0.2, 0) is 9.59 Å². The number of nitrogens with zero attached hydrogens (tertiary/aromatic N) is 1. The van der Waals surface area contributed by atoms with E-state index in [1.807, 2.05) is 80.6 Å². The zero-order valence-electron chi connectivity index (χ0n) is 17.1. The summed E-state index contributed by atoms with van der Waals surface area (Å²) in [6.45, 7) is 4.44. The quantitative estimate of drug-likeness (QED) is 0.602. The van der Waals surface area contributed by atoms with Crippen molar-refractivity contribution < 1.29 is 9.59 Å². The molecule has 3 aromatic carbocycles. The molecule has 1 unspecified atom stereocenters. The van der Waals surface area contributed by atoms with Crippen LogP contribution in [0, 0.1) is 19.8 Å². The number of hydrogen-bond donors (Lipinski definition) is 1. The van der Waals surface area contributed by atoms with Gasteiger partial charge in [0.2, 0.25) is 11.8 Å².